The lowest BCUT2D eigenvalue weighted by atomic mass is 10.1. The van der Waals surface area contributed by atoms with E-state index in [1.807, 2.05) is 30.3 Å². The Bertz CT molecular complexity index is 1090. The summed E-state index contributed by atoms with van der Waals surface area (Å²) in [6.07, 6.45) is -0.277. The Morgan fingerprint density at radius 2 is 1.53 bits per heavy atom. The molecule has 1 aliphatic heterocycles. The summed E-state index contributed by atoms with van der Waals surface area (Å²) in [5.41, 5.74) is 2.31. The van der Waals surface area contributed by atoms with E-state index in [1.54, 1.807) is 48.2 Å². The second-order valence-electron chi connectivity index (χ2n) is 7.17. The third kappa shape index (κ3) is 5.07. The molecular weight excluding hydrogens is 430 g/mol. The fraction of sp³-hybridized carbons (Fsp3) is 0.217. The van der Waals surface area contributed by atoms with Crippen molar-refractivity contribution in [1.82, 2.24) is 5.32 Å². The van der Waals surface area contributed by atoms with Crippen LogP contribution in [-0.2, 0) is 14.4 Å². The molecule has 0 unspecified atom stereocenters. The van der Waals surface area contributed by atoms with Crippen molar-refractivity contribution in [1.29, 1.82) is 5.26 Å². The number of halogens is 1. The molecule has 164 valence electrons. The number of hydrogen-bond donors (Lipinski definition) is 2. The van der Waals surface area contributed by atoms with Crippen LogP contribution in [0, 0.1) is 11.3 Å². The van der Waals surface area contributed by atoms with E-state index in [0.29, 0.717) is 16.5 Å². The Morgan fingerprint density at radius 3 is 2.09 bits per heavy atom. The van der Waals surface area contributed by atoms with Crippen LogP contribution in [0.3, 0.4) is 0 Å². The quantitative estimate of drug-likeness (QED) is 0.495. The van der Waals surface area contributed by atoms with E-state index in [4.69, 9.17) is 11.6 Å². The summed E-state index contributed by atoms with van der Waals surface area (Å²) in [6, 6.07) is 16.1. The minimum absolute atomic E-state index is 0.0144. The average Bonchev–Trinajstić information content (AvgIpc) is 3.04. The van der Waals surface area contributed by atoms with Gasteiger partial charge in [0.25, 0.3) is 0 Å². The number of para-hydroxylation sites is 2. The van der Waals surface area contributed by atoms with Crippen LogP contribution in [0.25, 0.3) is 0 Å². The summed E-state index contributed by atoms with van der Waals surface area (Å²) >= 11 is 5.80. The molecule has 0 aliphatic carbocycles. The Labute approximate surface area is 191 Å². The predicted molar refractivity (Wildman–Crippen MR) is 123 cm³/mol. The SMILES string of the molecule is CN1C(=C(C#N)C(=O)CCC(=O)NCC(=O)Nc2ccc(Cl)cc2)N(C)c2ccccc21. The molecule has 2 N–H and O–H groups in total. The number of Topliss-reactive ketones (excluding diaryl/α,β-unsaturated/α-hetero) is 1. The van der Waals surface area contributed by atoms with E-state index in [9.17, 15) is 19.6 Å². The molecule has 9 heteroatoms. The molecule has 0 saturated heterocycles. The lowest BCUT2D eigenvalue weighted by Gasteiger charge is -2.19. The Balaban J connectivity index is 1.55. The predicted octanol–water partition coefficient (Wildman–Crippen LogP) is 3.07. The number of amides is 2. The Kier molecular flexibility index (Phi) is 7.13. The highest BCUT2D eigenvalue weighted by Gasteiger charge is 2.31. The second-order valence-corrected chi connectivity index (χ2v) is 7.61. The lowest BCUT2D eigenvalue weighted by Crippen LogP contribution is -2.33. The summed E-state index contributed by atoms with van der Waals surface area (Å²) in [5, 5.41) is 15.3. The highest BCUT2D eigenvalue weighted by molar-refractivity contribution is 6.30. The molecule has 0 radical (unpaired) electrons. The molecule has 0 aromatic heterocycles. The van der Waals surface area contributed by atoms with Gasteiger partial charge in [0.1, 0.15) is 17.5 Å². The van der Waals surface area contributed by atoms with Crippen molar-refractivity contribution in [2.24, 2.45) is 0 Å². The number of rotatable bonds is 7. The molecule has 2 aromatic carbocycles. The van der Waals surface area contributed by atoms with Gasteiger partial charge in [-0.15, -0.1) is 0 Å². The molecule has 8 nitrogen and oxygen atoms in total. The molecule has 0 fully saturated rings. The van der Waals surface area contributed by atoms with Crippen molar-refractivity contribution in [2.45, 2.75) is 12.8 Å². The maximum Gasteiger partial charge on any atom is 0.243 e. The van der Waals surface area contributed by atoms with Crippen molar-refractivity contribution in [3.8, 4) is 6.07 Å². The summed E-state index contributed by atoms with van der Waals surface area (Å²) in [4.78, 5) is 40.3. The van der Waals surface area contributed by atoms with Gasteiger partial charge in [0.15, 0.2) is 5.78 Å². The van der Waals surface area contributed by atoms with Gasteiger partial charge in [0.2, 0.25) is 11.8 Å². The van der Waals surface area contributed by atoms with Crippen molar-refractivity contribution in [3.63, 3.8) is 0 Å². The third-order valence-electron chi connectivity index (χ3n) is 5.01. The van der Waals surface area contributed by atoms with Gasteiger partial charge in [0, 0.05) is 37.6 Å². The van der Waals surface area contributed by atoms with Crippen molar-refractivity contribution in [2.75, 3.05) is 35.8 Å². The summed E-state index contributed by atoms with van der Waals surface area (Å²) in [6.45, 7) is -0.234. The Morgan fingerprint density at radius 1 is 0.938 bits per heavy atom. The number of nitrogens with one attached hydrogen (secondary N) is 2. The van der Waals surface area contributed by atoms with Gasteiger partial charge in [0.05, 0.1) is 17.9 Å². The van der Waals surface area contributed by atoms with Crippen LogP contribution >= 0.6 is 11.6 Å². The van der Waals surface area contributed by atoms with E-state index >= 15 is 0 Å². The number of ketones is 1. The van der Waals surface area contributed by atoms with Crippen molar-refractivity contribution >= 4 is 46.3 Å². The van der Waals surface area contributed by atoms with Gasteiger partial charge in [-0.2, -0.15) is 5.26 Å². The topological polar surface area (TPSA) is 106 Å². The number of carbonyl (C=O) groups is 3. The highest BCUT2D eigenvalue weighted by Crippen LogP contribution is 2.40. The van der Waals surface area contributed by atoms with E-state index in [0.717, 1.165) is 11.4 Å². The van der Waals surface area contributed by atoms with Crippen LogP contribution in [-0.4, -0.2) is 38.2 Å². The first kappa shape index (κ1) is 22.8. The average molecular weight is 452 g/mol. The monoisotopic (exact) mass is 451 g/mol. The zero-order valence-electron chi connectivity index (χ0n) is 17.7. The number of anilines is 3. The highest BCUT2D eigenvalue weighted by atomic mass is 35.5. The normalized spacial score (nSPS) is 12.1. The number of carbonyl (C=O) groups excluding carboxylic acids is 3. The number of nitrogens with zero attached hydrogens (tertiary/aromatic N) is 3. The van der Waals surface area contributed by atoms with Crippen LogP contribution in [0.5, 0.6) is 0 Å². The number of benzene rings is 2. The van der Waals surface area contributed by atoms with Crippen LogP contribution in [0.15, 0.2) is 59.9 Å². The maximum absolute atomic E-state index is 12.7. The van der Waals surface area contributed by atoms with Crippen LogP contribution in [0.4, 0.5) is 17.1 Å². The number of hydrogen-bond acceptors (Lipinski definition) is 6. The van der Waals surface area contributed by atoms with Gasteiger partial charge >= 0.3 is 0 Å². The fourth-order valence-electron chi connectivity index (χ4n) is 3.41. The zero-order chi connectivity index (χ0) is 23.3. The van der Waals surface area contributed by atoms with Crippen molar-refractivity contribution in [3.05, 3.63) is 64.9 Å². The van der Waals surface area contributed by atoms with Crippen LogP contribution in [0.2, 0.25) is 5.02 Å². The minimum atomic E-state index is -0.455. The Hall–Kier alpha value is -3.83. The molecule has 3 rings (SSSR count). The molecule has 0 saturated carbocycles. The van der Waals surface area contributed by atoms with Gasteiger partial charge in [-0.1, -0.05) is 23.7 Å². The van der Waals surface area contributed by atoms with Gasteiger partial charge < -0.3 is 20.4 Å². The van der Waals surface area contributed by atoms with Gasteiger partial charge in [-0.3, -0.25) is 14.4 Å². The summed E-state index contributed by atoms with van der Waals surface area (Å²) in [7, 11) is 3.57. The van der Waals surface area contributed by atoms with E-state index in [2.05, 4.69) is 10.6 Å². The number of allylic oxidation sites excluding steroid dienone is 1. The second kappa shape index (κ2) is 9.98. The molecule has 0 bridgehead atoms. The number of nitriles is 1. The molecule has 1 aliphatic rings. The van der Waals surface area contributed by atoms with Crippen LogP contribution < -0.4 is 20.4 Å². The largest absolute Gasteiger partial charge is 0.347 e. The molecule has 0 atom stereocenters. The lowest BCUT2D eigenvalue weighted by molar-refractivity contribution is -0.125. The van der Waals surface area contributed by atoms with Gasteiger partial charge in [-0.25, -0.2) is 0 Å². The van der Waals surface area contributed by atoms with E-state index in [-0.39, 0.29) is 25.0 Å². The third-order valence-corrected chi connectivity index (χ3v) is 5.26. The number of fused-ring (bicyclic) bond motifs is 1. The summed E-state index contributed by atoms with van der Waals surface area (Å²) < 4.78 is 0. The molecule has 2 aromatic rings. The fourth-order valence-corrected chi connectivity index (χ4v) is 3.54. The standard InChI is InChI=1S/C23H22ClN5O3/c1-28-18-5-3-4-6-19(18)29(2)23(28)17(13-25)20(30)11-12-21(31)26-14-22(32)27-16-9-7-15(24)8-10-16/h3-10H,11-12,14H2,1-2H3,(H,26,31)(H,27,32). The first-order valence-electron chi connectivity index (χ1n) is 9.88. The van der Waals surface area contributed by atoms with Gasteiger partial charge in [-0.05, 0) is 36.4 Å². The molecule has 2 amide bonds. The van der Waals surface area contributed by atoms with Crippen LogP contribution in [0.1, 0.15) is 12.8 Å². The molecule has 0 spiro atoms. The molecule has 32 heavy (non-hydrogen) atoms. The summed E-state index contributed by atoms with van der Waals surface area (Å²) in [5.74, 6) is -0.821. The molecular formula is C23H22ClN5O3. The maximum atomic E-state index is 12.7. The first-order chi connectivity index (χ1) is 15.3. The minimum Gasteiger partial charge on any atom is -0.347 e. The van der Waals surface area contributed by atoms with Crippen molar-refractivity contribution < 1.29 is 14.4 Å². The van der Waals surface area contributed by atoms with E-state index < -0.39 is 17.6 Å². The zero-order valence-corrected chi connectivity index (χ0v) is 18.4. The molecule has 1 heterocycles. The van der Waals surface area contributed by atoms with E-state index in [1.165, 1.54) is 0 Å². The first-order valence-corrected chi connectivity index (χ1v) is 10.3. The smallest absolute Gasteiger partial charge is 0.243 e.